The van der Waals surface area contributed by atoms with Gasteiger partial charge in [0.25, 0.3) is 11.8 Å². The maximum absolute atomic E-state index is 13.6. The third-order valence-corrected chi connectivity index (χ3v) is 7.81. The van der Waals surface area contributed by atoms with E-state index in [1.807, 2.05) is 45.0 Å². The van der Waals surface area contributed by atoms with Gasteiger partial charge in [-0.3, -0.25) is 19.2 Å². The van der Waals surface area contributed by atoms with Crippen LogP contribution in [0.2, 0.25) is 0 Å². The van der Waals surface area contributed by atoms with Gasteiger partial charge in [-0.05, 0) is 54.7 Å². The van der Waals surface area contributed by atoms with E-state index in [9.17, 15) is 19.2 Å². The fourth-order valence-electron chi connectivity index (χ4n) is 5.50. The lowest BCUT2D eigenvalue weighted by Crippen LogP contribution is -2.57. The van der Waals surface area contributed by atoms with E-state index in [4.69, 9.17) is 14.2 Å². The number of carbonyl (C=O) groups is 3. The van der Waals surface area contributed by atoms with Crippen LogP contribution < -0.4 is 20.3 Å². The van der Waals surface area contributed by atoms with E-state index in [1.54, 1.807) is 36.2 Å². The van der Waals surface area contributed by atoms with Crippen LogP contribution in [0.3, 0.4) is 0 Å². The smallest absolute Gasteiger partial charge is 0.255 e. The quantitative estimate of drug-likeness (QED) is 0.447. The molecule has 45 heavy (non-hydrogen) atoms. The van der Waals surface area contributed by atoms with Crippen LogP contribution in [0.25, 0.3) is 0 Å². The zero-order chi connectivity index (χ0) is 32.1. The van der Waals surface area contributed by atoms with Crippen molar-refractivity contribution in [2.24, 2.45) is 5.92 Å². The Balaban J connectivity index is 1.42. The third kappa shape index (κ3) is 7.91. The highest BCUT2D eigenvalue weighted by atomic mass is 16.5. The number of amides is 3. The van der Waals surface area contributed by atoms with E-state index in [-0.39, 0.29) is 48.9 Å². The summed E-state index contributed by atoms with van der Waals surface area (Å²) in [6.07, 6.45) is 0.433. The van der Waals surface area contributed by atoms with Gasteiger partial charge in [0, 0.05) is 43.5 Å². The molecule has 1 aromatic heterocycles. The number of H-pyrrole nitrogens is 1. The van der Waals surface area contributed by atoms with E-state index < -0.39 is 12.1 Å². The Hall–Kier alpha value is -4.64. The van der Waals surface area contributed by atoms with Gasteiger partial charge >= 0.3 is 0 Å². The van der Waals surface area contributed by atoms with Crippen LogP contribution in [0.5, 0.6) is 17.2 Å². The SMILES string of the molecule is CCc1[nH]c(=O)ccc1C(=O)N1CC[C@@H]2NC(=O)CN(C)C(=O)c3cc(OCC(C)C)cc(c3)Oc3cccc(c3)CO[C@H]2C1. The molecular weight excluding hydrogens is 576 g/mol. The van der Waals surface area contributed by atoms with Crippen LogP contribution in [-0.2, 0) is 22.6 Å². The number of benzene rings is 2. The first kappa shape index (κ1) is 31.8. The first-order valence-electron chi connectivity index (χ1n) is 15.3. The topological polar surface area (TPSA) is 130 Å². The number of piperidine rings is 1. The highest BCUT2D eigenvalue weighted by Crippen LogP contribution is 2.30. The molecule has 0 saturated carbocycles. The minimum absolute atomic E-state index is 0.172. The number of ether oxygens (including phenoxy) is 3. The molecule has 11 nitrogen and oxygen atoms in total. The van der Waals surface area contributed by atoms with Gasteiger partial charge in [0.05, 0.1) is 37.5 Å². The Morgan fingerprint density at radius 1 is 1.07 bits per heavy atom. The molecule has 2 N–H and O–H groups in total. The molecule has 2 atom stereocenters. The van der Waals surface area contributed by atoms with Gasteiger partial charge in [-0.25, -0.2) is 0 Å². The maximum atomic E-state index is 13.6. The summed E-state index contributed by atoms with van der Waals surface area (Å²) in [4.78, 5) is 57.9. The summed E-state index contributed by atoms with van der Waals surface area (Å²) in [5, 5.41) is 3.05. The van der Waals surface area contributed by atoms with Crippen molar-refractivity contribution in [3.8, 4) is 17.2 Å². The summed E-state index contributed by atoms with van der Waals surface area (Å²) in [5.74, 6) is 0.878. The fourth-order valence-corrected chi connectivity index (χ4v) is 5.50. The van der Waals surface area contributed by atoms with Crippen molar-refractivity contribution >= 4 is 17.7 Å². The lowest BCUT2D eigenvalue weighted by molar-refractivity contribution is -0.124. The second kappa shape index (κ2) is 14.0. The first-order valence-corrected chi connectivity index (χ1v) is 15.3. The van der Waals surface area contributed by atoms with Gasteiger partial charge in [-0.2, -0.15) is 0 Å². The molecule has 0 aliphatic carbocycles. The summed E-state index contributed by atoms with van der Waals surface area (Å²) in [7, 11) is 1.57. The molecule has 1 fully saturated rings. The highest BCUT2D eigenvalue weighted by molar-refractivity contribution is 5.97. The number of likely N-dealkylation sites (tertiary alicyclic amines) is 1. The highest BCUT2D eigenvalue weighted by Gasteiger charge is 2.34. The van der Waals surface area contributed by atoms with Crippen LogP contribution in [0.15, 0.2) is 59.4 Å². The molecule has 3 amide bonds. The Kier molecular flexibility index (Phi) is 9.87. The monoisotopic (exact) mass is 616 g/mol. The minimum atomic E-state index is -0.522. The average molecular weight is 617 g/mol. The number of nitrogens with one attached hydrogen (secondary N) is 2. The van der Waals surface area contributed by atoms with Crippen molar-refractivity contribution in [3.05, 3.63) is 87.3 Å². The van der Waals surface area contributed by atoms with Gasteiger partial charge < -0.3 is 34.3 Å². The Morgan fingerprint density at radius 2 is 1.89 bits per heavy atom. The molecule has 238 valence electrons. The molecule has 1 saturated heterocycles. The molecular formula is C34H40N4O7. The van der Waals surface area contributed by atoms with E-state index in [1.165, 1.54) is 11.0 Å². The molecule has 2 aliphatic heterocycles. The third-order valence-electron chi connectivity index (χ3n) is 7.81. The number of pyridine rings is 1. The van der Waals surface area contributed by atoms with Gasteiger partial charge in [-0.1, -0.05) is 32.9 Å². The van der Waals surface area contributed by atoms with Crippen LogP contribution in [0.1, 0.15) is 59.2 Å². The number of fused-ring (bicyclic) bond motifs is 5. The minimum Gasteiger partial charge on any atom is -0.493 e. The molecule has 11 heteroatoms. The number of nitrogens with zero attached hydrogens (tertiary/aromatic N) is 2. The predicted octanol–water partition coefficient (Wildman–Crippen LogP) is 3.77. The van der Waals surface area contributed by atoms with E-state index >= 15 is 0 Å². The molecule has 0 unspecified atom stereocenters. The van der Waals surface area contributed by atoms with Crippen LogP contribution in [0.4, 0.5) is 0 Å². The predicted molar refractivity (Wildman–Crippen MR) is 168 cm³/mol. The number of hydrogen-bond donors (Lipinski definition) is 2. The van der Waals surface area contributed by atoms with Gasteiger partial charge in [0.15, 0.2) is 0 Å². The number of aryl methyl sites for hydroxylation is 1. The number of aromatic amines is 1. The number of aromatic nitrogens is 1. The molecule has 2 aromatic carbocycles. The summed E-state index contributed by atoms with van der Waals surface area (Å²) < 4.78 is 18.5. The molecule has 0 radical (unpaired) electrons. The average Bonchev–Trinajstić information content (AvgIpc) is 3.02. The Bertz CT molecular complexity index is 1620. The zero-order valence-electron chi connectivity index (χ0n) is 26.1. The van der Waals surface area contributed by atoms with Crippen molar-refractivity contribution in [1.29, 1.82) is 0 Å². The van der Waals surface area contributed by atoms with Crippen molar-refractivity contribution in [1.82, 2.24) is 20.1 Å². The lowest BCUT2D eigenvalue weighted by Gasteiger charge is -2.39. The van der Waals surface area contributed by atoms with E-state index in [2.05, 4.69) is 10.3 Å². The molecule has 2 aliphatic rings. The largest absolute Gasteiger partial charge is 0.493 e. The number of carbonyl (C=O) groups excluding carboxylic acids is 3. The molecule has 3 heterocycles. The maximum Gasteiger partial charge on any atom is 0.255 e. The molecule has 3 aromatic rings. The van der Waals surface area contributed by atoms with Gasteiger partial charge in [0.1, 0.15) is 17.2 Å². The number of rotatable bonds is 5. The van der Waals surface area contributed by atoms with E-state index in [0.717, 1.165) is 5.56 Å². The molecule has 0 spiro atoms. The van der Waals surface area contributed by atoms with Crippen molar-refractivity contribution in [3.63, 3.8) is 0 Å². The van der Waals surface area contributed by atoms with E-state index in [0.29, 0.717) is 60.1 Å². The Labute approximate surface area is 262 Å². The fraction of sp³-hybridized carbons (Fsp3) is 0.412. The van der Waals surface area contributed by atoms with Crippen molar-refractivity contribution in [2.45, 2.75) is 52.4 Å². The summed E-state index contributed by atoms with van der Waals surface area (Å²) in [6, 6.07) is 15.0. The van der Waals surface area contributed by atoms with Crippen molar-refractivity contribution in [2.75, 3.05) is 33.3 Å². The van der Waals surface area contributed by atoms with Crippen LogP contribution in [-0.4, -0.2) is 77.9 Å². The zero-order valence-corrected chi connectivity index (χ0v) is 26.1. The number of likely N-dealkylation sites (N-methyl/N-ethyl adjacent to an activating group) is 1. The number of hydrogen-bond acceptors (Lipinski definition) is 7. The normalized spacial score (nSPS) is 19.0. The van der Waals surface area contributed by atoms with Gasteiger partial charge in [-0.15, -0.1) is 0 Å². The summed E-state index contributed by atoms with van der Waals surface area (Å²) >= 11 is 0. The molecule has 4 bridgehead atoms. The van der Waals surface area contributed by atoms with Crippen molar-refractivity contribution < 1.29 is 28.6 Å². The Morgan fingerprint density at radius 3 is 2.67 bits per heavy atom. The standard InChI is InChI=1S/C34H40N4O7/c1-5-28-27(9-10-31(39)35-28)34(42)38-12-11-29-30(17-38)44-20-22-7-6-8-24(13-22)45-26-15-23(14-25(16-26)43-19-21(2)3)33(41)37(4)18-32(40)36-29/h6-10,13-16,21,29-30H,5,11-12,17-20H2,1-4H3,(H,35,39)(H,36,40)/t29-,30-/m0/s1. The summed E-state index contributed by atoms with van der Waals surface area (Å²) in [5.41, 5.74) is 1.94. The van der Waals surface area contributed by atoms with Crippen LogP contribution in [0, 0.1) is 5.92 Å². The van der Waals surface area contributed by atoms with Crippen LogP contribution >= 0.6 is 0 Å². The van der Waals surface area contributed by atoms with Gasteiger partial charge in [0.2, 0.25) is 11.5 Å². The first-order chi connectivity index (χ1) is 21.6. The molecule has 5 rings (SSSR count). The second-order valence-electron chi connectivity index (χ2n) is 11.9. The second-order valence-corrected chi connectivity index (χ2v) is 11.9. The lowest BCUT2D eigenvalue weighted by atomic mass is 9.99. The summed E-state index contributed by atoms with van der Waals surface area (Å²) in [6.45, 7) is 7.10.